The third-order valence-corrected chi connectivity index (χ3v) is 10.2. The van der Waals surface area contributed by atoms with Crippen LogP contribution in [0.25, 0.3) is 0 Å². The number of unbranched alkanes of at least 4 members (excludes halogenated alkanes) is 16. The van der Waals surface area contributed by atoms with Crippen LogP contribution in [0.4, 0.5) is 4.39 Å². The van der Waals surface area contributed by atoms with Crippen molar-refractivity contribution < 1.29 is 13.9 Å². The Balaban J connectivity index is 1.32. The van der Waals surface area contributed by atoms with Crippen molar-refractivity contribution >= 4 is 0 Å². The molecule has 1 unspecified atom stereocenters. The van der Waals surface area contributed by atoms with Gasteiger partial charge in [-0.2, -0.15) is 5.26 Å². The first-order valence-electron chi connectivity index (χ1n) is 20.3. The molecular formula is C48H62FNO2. The molecule has 0 saturated carbocycles. The maximum Gasteiger partial charge on any atom is 0.143 e. The maximum absolute atomic E-state index is 14.3. The van der Waals surface area contributed by atoms with E-state index in [2.05, 4.69) is 85.8 Å². The molecule has 278 valence electrons. The van der Waals surface area contributed by atoms with Crippen molar-refractivity contribution in [3.63, 3.8) is 0 Å². The SMILES string of the molecule is CCCCCCCCCCCCCCCCCCCC(COC(c1ccccc1)(c1ccccc1)c1ccccc1)OCc1cc(F)cc(C#N)c1. The Bertz CT molecular complexity index is 1440. The molecule has 4 aromatic rings. The molecule has 1 atom stereocenters. The summed E-state index contributed by atoms with van der Waals surface area (Å²) in [5.74, 6) is -0.421. The van der Waals surface area contributed by atoms with Crippen molar-refractivity contribution in [1.29, 1.82) is 5.26 Å². The average Bonchev–Trinajstić information content (AvgIpc) is 3.19. The highest BCUT2D eigenvalue weighted by atomic mass is 19.1. The van der Waals surface area contributed by atoms with Crippen LogP contribution in [0.1, 0.15) is 150 Å². The van der Waals surface area contributed by atoms with Crippen molar-refractivity contribution in [2.45, 2.75) is 141 Å². The molecule has 0 aliphatic carbocycles. The molecule has 0 heterocycles. The minimum Gasteiger partial charge on any atom is -0.371 e. The molecule has 0 N–H and O–H groups in total. The Morgan fingerprint density at radius 3 is 1.42 bits per heavy atom. The number of halogens is 1. The number of hydrogen-bond donors (Lipinski definition) is 0. The predicted molar refractivity (Wildman–Crippen MR) is 214 cm³/mol. The zero-order chi connectivity index (χ0) is 36.5. The van der Waals surface area contributed by atoms with Gasteiger partial charge in [0.1, 0.15) is 11.4 Å². The van der Waals surface area contributed by atoms with E-state index < -0.39 is 11.4 Å². The molecular weight excluding hydrogens is 642 g/mol. The van der Waals surface area contributed by atoms with Gasteiger partial charge in [-0.15, -0.1) is 0 Å². The summed E-state index contributed by atoms with van der Waals surface area (Å²) >= 11 is 0. The maximum atomic E-state index is 14.3. The summed E-state index contributed by atoms with van der Waals surface area (Å²) < 4.78 is 28.0. The summed E-state index contributed by atoms with van der Waals surface area (Å²) in [7, 11) is 0. The molecule has 0 spiro atoms. The van der Waals surface area contributed by atoms with Crippen LogP contribution < -0.4 is 0 Å². The number of ether oxygens (including phenoxy) is 2. The first kappa shape index (κ1) is 41.0. The van der Waals surface area contributed by atoms with Gasteiger partial charge in [0.05, 0.1) is 31.0 Å². The molecule has 0 saturated heterocycles. The van der Waals surface area contributed by atoms with Crippen molar-refractivity contribution in [2.24, 2.45) is 0 Å². The van der Waals surface area contributed by atoms with Crippen LogP contribution >= 0.6 is 0 Å². The molecule has 0 amide bonds. The third kappa shape index (κ3) is 14.0. The standard InChI is InChI=1S/C48H62FNO2/c1-2-3-4-5-6-7-8-9-10-11-12-13-14-15-16-17-27-34-47(51-39-42-35-41(38-50)36-46(49)37-42)40-52-48(43-28-21-18-22-29-43,44-30-23-19-24-31-44)45-32-25-20-26-33-45/h18-26,28-33,35-37,47H,2-17,27,34,39-40H2,1H3. The third-order valence-electron chi connectivity index (χ3n) is 10.2. The first-order chi connectivity index (χ1) is 25.7. The van der Waals surface area contributed by atoms with Gasteiger partial charge in [-0.25, -0.2) is 4.39 Å². The predicted octanol–water partition coefficient (Wildman–Crippen LogP) is 13.6. The Hall–Kier alpha value is -3.78. The molecule has 4 rings (SSSR count). The van der Waals surface area contributed by atoms with Gasteiger partial charge in [-0.05, 0) is 46.9 Å². The van der Waals surface area contributed by atoms with Gasteiger partial charge in [0.2, 0.25) is 0 Å². The van der Waals surface area contributed by atoms with Gasteiger partial charge in [0, 0.05) is 0 Å². The fourth-order valence-electron chi connectivity index (χ4n) is 7.31. The second kappa shape index (κ2) is 24.5. The lowest BCUT2D eigenvalue weighted by molar-refractivity contribution is -0.0731. The molecule has 4 heteroatoms. The summed E-state index contributed by atoms with van der Waals surface area (Å²) in [5.41, 5.74) is 3.26. The van der Waals surface area contributed by atoms with E-state index in [9.17, 15) is 9.65 Å². The van der Waals surface area contributed by atoms with Crippen LogP contribution in [-0.2, 0) is 21.7 Å². The normalized spacial score (nSPS) is 12.1. The van der Waals surface area contributed by atoms with E-state index in [4.69, 9.17) is 9.47 Å². The second-order valence-electron chi connectivity index (χ2n) is 14.4. The van der Waals surface area contributed by atoms with E-state index in [-0.39, 0.29) is 12.7 Å². The van der Waals surface area contributed by atoms with Gasteiger partial charge in [0.25, 0.3) is 0 Å². The lowest BCUT2D eigenvalue weighted by Crippen LogP contribution is -2.36. The van der Waals surface area contributed by atoms with Crippen LogP contribution in [0, 0.1) is 17.1 Å². The second-order valence-corrected chi connectivity index (χ2v) is 14.4. The zero-order valence-electron chi connectivity index (χ0n) is 31.8. The van der Waals surface area contributed by atoms with Crippen molar-refractivity contribution in [3.05, 3.63) is 143 Å². The average molecular weight is 704 g/mol. The molecule has 3 nitrogen and oxygen atoms in total. The smallest absolute Gasteiger partial charge is 0.143 e. The quantitative estimate of drug-likeness (QED) is 0.0459. The summed E-state index contributed by atoms with van der Waals surface area (Å²) in [5, 5.41) is 9.40. The van der Waals surface area contributed by atoms with Crippen LogP contribution in [-0.4, -0.2) is 12.7 Å². The van der Waals surface area contributed by atoms with Gasteiger partial charge in [0.15, 0.2) is 0 Å². The minimum absolute atomic E-state index is 0.208. The van der Waals surface area contributed by atoms with E-state index in [1.807, 2.05) is 18.2 Å². The molecule has 0 fully saturated rings. The fraction of sp³-hybridized carbons (Fsp3) is 0.479. The highest BCUT2D eigenvalue weighted by Gasteiger charge is 2.38. The summed E-state index contributed by atoms with van der Waals surface area (Å²) in [6.07, 6.45) is 23.3. The van der Waals surface area contributed by atoms with E-state index >= 15 is 0 Å². The molecule has 0 aromatic heterocycles. The van der Waals surface area contributed by atoms with Crippen LogP contribution in [0.15, 0.2) is 109 Å². The molecule has 4 aromatic carbocycles. The topological polar surface area (TPSA) is 42.2 Å². The first-order valence-corrected chi connectivity index (χ1v) is 20.3. The summed E-state index contributed by atoms with van der Waals surface area (Å²) in [6, 6.07) is 37.7. The van der Waals surface area contributed by atoms with Crippen LogP contribution in [0.5, 0.6) is 0 Å². The Labute approximate surface area is 314 Å². The molecule has 0 radical (unpaired) electrons. The number of nitrogens with zero attached hydrogens (tertiary/aromatic N) is 1. The Morgan fingerprint density at radius 2 is 1.00 bits per heavy atom. The summed E-state index contributed by atoms with van der Waals surface area (Å²) in [6.45, 7) is 2.86. The summed E-state index contributed by atoms with van der Waals surface area (Å²) in [4.78, 5) is 0. The highest BCUT2D eigenvalue weighted by Crippen LogP contribution is 2.40. The number of benzene rings is 4. The van der Waals surface area contributed by atoms with E-state index in [0.717, 1.165) is 36.0 Å². The number of nitriles is 1. The zero-order valence-corrected chi connectivity index (χ0v) is 31.8. The van der Waals surface area contributed by atoms with Crippen LogP contribution in [0.3, 0.4) is 0 Å². The monoisotopic (exact) mass is 703 g/mol. The van der Waals surface area contributed by atoms with Gasteiger partial charge in [-0.1, -0.05) is 207 Å². The van der Waals surface area contributed by atoms with E-state index in [1.54, 1.807) is 6.07 Å². The van der Waals surface area contributed by atoms with Crippen LogP contribution in [0.2, 0.25) is 0 Å². The van der Waals surface area contributed by atoms with Crippen molar-refractivity contribution in [3.8, 4) is 6.07 Å². The lowest BCUT2D eigenvalue weighted by atomic mass is 9.80. The molecule has 52 heavy (non-hydrogen) atoms. The van der Waals surface area contributed by atoms with Gasteiger partial charge < -0.3 is 9.47 Å². The molecule has 0 aliphatic rings. The Kier molecular flexibility index (Phi) is 19.3. The number of hydrogen-bond acceptors (Lipinski definition) is 3. The largest absolute Gasteiger partial charge is 0.371 e. The van der Waals surface area contributed by atoms with Gasteiger partial charge >= 0.3 is 0 Å². The molecule has 0 bridgehead atoms. The number of rotatable bonds is 27. The fourth-order valence-corrected chi connectivity index (χ4v) is 7.31. The van der Waals surface area contributed by atoms with Gasteiger partial charge in [-0.3, -0.25) is 0 Å². The highest BCUT2D eigenvalue weighted by molar-refractivity contribution is 5.47. The van der Waals surface area contributed by atoms with Crippen molar-refractivity contribution in [1.82, 2.24) is 0 Å². The minimum atomic E-state index is -0.841. The van der Waals surface area contributed by atoms with E-state index in [1.165, 1.54) is 108 Å². The molecule has 0 aliphatic heterocycles. The van der Waals surface area contributed by atoms with Crippen molar-refractivity contribution in [2.75, 3.05) is 6.61 Å². The Morgan fingerprint density at radius 1 is 0.577 bits per heavy atom. The van der Waals surface area contributed by atoms with E-state index in [0.29, 0.717) is 17.7 Å². The lowest BCUT2D eigenvalue weighted by Gasteiger charge is -2.37.